The van der Waals surface area contributed by atoms with Gasteiger partial charge in [0.05, 0.1) is 25.4 Å². The second-order valence-electron chi connectivity index (χ2n) is 8.61. The van der Waals surface area contributed by atoms with Crippen LogP contribution < -0.4 is 5.30 Å². The van der Waals surface area contributed by atoms with Gasteiger partial charge >= 0.3 is 0 Å². The Bertz CT molecular complexity index is 833. The van der Waals surface area contributed by atoms with Gasteiger partial charge in [-0.1, -0.05) is 92.2 Å². The van der Waals surface area contributed by atoms with Crippen molar-refractivity contribution < 1.29 is 0 Å². The third kappa shape index (κ3) is 5.38. The molecule has 0 aromatic heterocycles. The number of hydrogen-bond acceptors (Lipinski definition) is 2. The summed E-state index contributed by atoms with van der Waals surface area (Å²) in [6.45, 7) is 5.44. The molecule has 3 aromatic rings. The van der Waals surface area contributed by atoms with Crippen LogP contribution in [0.3, 0.4) is 0 Å². The Morgan fingerprint density at radius 1 is 0.667 bits per heavy atom. The summed E-state index contributed by atoms with van der Waals surface area (Å²) in [4.78, 5) is 5.41. The second kappa shape index (κ2) is 10.4. The minimum Gasteiger partial charge on any atom is -0.254 e. The Labute approximate surface area is 182 Å². The predicted molar refractivity (Wildman–Crippen MR) is 131 cm³/mol. The van der Waals surface area contributed by atoms with E-state index < -0.39 is 7.26 Å². The van der Waals surface area contributed by atoms with Crippen molar-refractivity contribution in [3.8, 4) is 0 Å². The molecule has 1 fully saturated rings. The van der Waals surface area contributed by atoms with Gasteiger partial charge in [-0.15, -0.1) is 0 Å². The highest BCUT2D eigenvalue weighted by molar-refractivity contribution is 7.82. The van der Waals surface area contributed by atoms with Gasteiger partial charge in [0.1, 0.15) is 12.6 Å². The van der Waals surface area contributed by atoms with Crippen LogP contribution in [0, 0.1) is 0 Å². The van der Waals surface area contributed by atoms with E-state index in [0.29, 0.717) is 0 Å². The summed E-state index contributed by atoms with van der Waals surface area (Å²) in [5, 5.41) is 1.61. The van der Waals surface area contributed by atoms with E-state index in [4.69, 9.17) is 0 Å². The molecular formula is C27H34N2P+. The van der Waals surface area contributed by atoms with Gasteiger partial charge < -0.3 is 0 Å². The van der Waals surface area contributed by atoms with E-state index in [1.165, 1.54) is 42.7 Å². The van der Waals surface area contributed by atoms with Crippen LogP contribution in [0.2, 0.25) is 0 Å². The van der Waals surface area contributed by atoms with Gasteiger partial charge in [-0.3, -0.25) is 9.80 Å². The van der Waals surface area contributed by atoms with Gasteiger partial charge in [0.25, 0.3) is 0 Å². The Hall–Kier alpha value is -1.99. The molecule has 156 valence electrons. The smallest absolute Gasteiger partial charge is 0.119 e. The summed E-state index contributed by atoms with van der Waals surface area (Å²) in [5.41, 5.74) is 2.83. The summed E-state index contributed by atoms with van der Waals surface area (Å²) < 4.78 is 0. The zero-order valence-electron chi connectivity index (χ0n) is 18.2. The van der Waals surface area contributed by atoms with E-state index in [0.717, 1.165) is 19.8 Å². The van der Waals surface area contributed by atoms with Crippen LogP contribution in [-0.4, -0.2) is 35.2 Å². The fourth-order valence-corrected chi connectivity index (χ4v) is 9.30. The topological polar surface area (TPSA) is 6.48 Å². The molecule has 1 saturated heterocycles. The van der Waals surface area contributed by atoms with Crippen molar-refractivity contribution in [3.63, 3.8) is 0 Å². The minimum atomic E-state index is -1.29. The van der Waals surface area contributed by atoms with E-state index in [9.17, 15) is 0 Å². The molecule has 2 nitrogen and oxygen atoms in total. The van der Waals surface area contributed by atoms with Crippen molar-refractivity contribution in [2.24, 2.45) is 0 Å². The number of unbranched alkanes of at least 4 members (excludes halogenated alkanes) is 1. The number of rotatable bonds is 8. The molecular weight excluding hydrogens is 383 g/mol. The molecule has 0 unspecified atom stereocenters. The Morgan fingerprint density at radius 3 is 1.60 bits per heavy atom. The molecule has 3 heteroatoms. The molecule has 0 bridgehead atoms. The van der Waals surface area contributed by atoms with Crippen molar-refractivity contribution in [1.82, 2.24) is 9.80 Å². The quantitative estimate of drug-likeness (QED) is 0.414. The lowest BCUT2D eigenvalue weighted by molar-refractivity contribution is 0.139. The van der Waals surface area contributed by atoms with Gasteiger partial charge in [-0.05, 0) is 29.7 Å². The van der Waals surface area contributed by atoms with E-state index in [-0.39, 0.29) is 0 Å². The summed E-state index contributed by atoms with van der Waals surface area (Å²) in [5.74, 6) is 0. The highest BCUT2D eigenvalue weighted by Crippen LogP contribution is 2.61. The monoisotopic (exact) mass is 417 g/mol. The number of nitrogens with zero attached hydrogens (tertiary/aromatic N) is 2. The third-order valence-electron chi connectivity index (χ3n) is 6.08. The molecule has 0 radical (unpaired) electrons. The van der Waals surface area contributed by atoms with Crippen molar-refractivity contribution >= 4 is 12.6 Å². The lowest BCUT2D eigenvalue weighted by Gasteiger charge is -2.43. The normalized spacial score (nSPS) is 17.1. The number of benzene rings is 3. The molecule has 1 heterocycles. The van der Waals surface area contributed by atoms with Crippen molar-refractivity contribution in [2.45, 2.75) is 32.9 Å². The standard InChI is InChI=1S/C27H34N2P/c1-2-3-19-30(27-17-11-6-12-18-27)23-28(20-25-13-7-4-8-14-25)22-29(24-30)21-26-15-9-5-10-16-26/h4-18H,2-3,19-24H2,1H3/q+1. The first-order valence-corrected chi connectivity index (χ1v) is 13.6. The van der Waals surface area contributed by atoms with E-state index >= 15 is 0 Å². The highest BCUT2D eigenvalue weighted by atomic mass is 31.2. The fourth-order valence-electron chi connectivity index (χ4n) is 4.70. The van der Waals surface area contributed by atoms with Gasteiger partial charge in [0, 0.05) is 13.1 Å². The van der Waals surface area contributed by atoms with Crippen LogP contribution in [0.15, 0.2) is 91.0 Å². The van der Waals surface area contributed by atoms with E-state index in [1.807, 2.05) is 0 Å². The molecule has 0 aliphatic carbocycles. The van der Waals surface area contributed by atoms with Gasteiger partial charge in [-0.25, -0.2) is 0 Å². The van der Waals surface area contributed by atoms with E-state index in [1.54, 1.807) is 5.30 Å². The van der Waals surface area contributed by atoms with Crippen LogP contribution in [0.5, 0.6) is 0 Å². The lowest BCUT2D eigenvalue weighted by Crippen LogP contribution is -2.48. The lowest BCUT2D eigenvalue weighted by atomic mass is 10.2. The number of hydrogen-bond donors (Lipinski definition) is 0. The maximum atomic E-state index is 2.71. The maximum Gasteiger partial charge on any atom is 0.119 e. The van der Waals surface area contributed by atoms with Gasteiger partial charge in [0.15, 0.2) is 0 Å². The molecule has 1 aliphatic rings. The van der Waals surface area contributed by atoms with E-state index in [2.05, 4.69) is 108 Å². The predicted octanol–water partition coefficient (Wildman–Crippen LogP) is 6.02. The summed E-state index contributed by atoms with van der Waals surface area (Å²) in [6.07, 6.45) is 6.41. The first kappa shape index (κ1) is 21.2. The summed E-state index contributed by atoms with van der Waals surface area (Å²) >= 11 is 0. The first-order valence-electron chi connectivity index (χ1n) is 11.2. The molecule has 0 N–H and O–H groups in total. The molecule has 0 spiro atoms. The average Bonchev–Trinajstić information content (AvgIpc) is 2.79. The highest BCUT2D eigenvalue weighted by Gasteiger charge is 2.46. The molecule has 0 atom stereocenters. The first-order chi connectivity index (χ1) is 14.8. The third-order valence-corrected chi connectivity index (χ3v) is 10.5. The molecule has 1 aliphatic heterocycles. The SMILES string of the molecule is CCCC[P+]1(c2ccccc2)CN(Cc2ccccc2)CN(Cc2ccccc2)C1. The Morgan fingerprint density at radius 2 is 1.13 bits per heavy atom. The molecule has 0 saturated carbocycles. The summed E-state index contributed by atoms with van der Waals surface area (Å²) in [6, 6.07) is 33.4. The fraction of sp³-hybridized carbons (Fsp3) is 0.333. The molecule has 4 rings (SSSR count). The molecule has 3 aromatic carbocycles. The van der Waals surface area contributed by atoms with Gasteiger partial charge in [-0.2, -0.15) is 0 Å². The molecule has 30 heavy (non-hydrogen) atoms. The van der Waals surface area contributed by atoms with Crippen molar-refractivity contribution in [1.29, 1.82) is 0 Å². The largest absolute Gasteiger partial charge is 0.254 e. The Kier molecular flexibility index (Phi) is 7.33. The van der Waals surface area contributed by atoms with Crippen molar-refractivity contribution in [2.75, 3.05) is 25.4 Å². The minimum absolute atomic E-state index is 1.03. The maximum absolute atomic E-state index is 2.71. The van der Waals surface area contributed by atoms with Crippen LogP contribution in [-0.2, 0) is 13.1 Å². The second-order valence-corrected chi connectivity index (χ2v) is 12.4. The van der Waals surface area contributed by atoms with Crippen LogP contribution >= 0.6 is 7.26 Å². The zero-order chi connectivity index (χ0) is 20.7. The van der Waals surface area contributed by atoms with Crippen LogP contribution in [0.4, 0.5) is 0 Å². The van der Waals surface area contributed by atoms with Crippen molar-refractivity contribution in [3.05, 3.63) is 102 Å². The Balaban J connectivity index is 1.64. The van der Waals surface area contributed by atoms with Crippen LogP contribution in [0.25, 0.3) is 0 Å². The van der Waals surface area contributed by atoms with Gasteiger partial charge in [0.2, 0.25) is 0 Å². The molecule has 0 amide bonds. The summed E-state index contributed by atoms with van der Waals surface area (Å²) in [7, 11) is -1.29. The average molecular weight is 418 g/mol. The zero-order valence-corrected chi connectivity index (χ0v) is 19.1. The van der Waals surface area contributed by atoms with Crippen LogP contribution in [0.1, 0.15) is 30.9 Å².